The third kappa shape index (κ3) is 8.16. The number of hydrogen-bond acceptors (Lipinski definition) is 7. The van der Waals surface area contributed by atoms with Crippen LogP contribution in [0, 0.1) is 0 Å². The van der Waals surface area contributed by atoms with Gasteiger partial charge in [0.05, 0.1) is 6.54 Å². The number of carbonyl (C=O) groups is 2. The third-order valence-corrected chi connectivity index (χ3v) is 4.10. The van der Waals surface area contributed by atoms with Crippen molar-refractivity contribution in [2.75, 3.05) is 13.2 Å². The van der Waals surface area contributed by atoms with Crippen LogP contribution < -0.4 is 20.1 Å². The maximum Gasteiger partial charge on any atom is 0.573 e. The molecule has 2 amide bonds. The van der Waals surface area contributed by atoms with Gasteiger partial charge in [-0.3, -0.25) is 14.6 Å². The average molecular weight is 464 g/mol. The lowest BCUT2D eigenvalue weighted by atomic mass is 10.2. The van der Waals surface area contributed by atoms with E-state index in [-0.39, 0.29) is 30.5 Å². The number of alkyl halides is 3. The summed E-state index contributed by atoms with van der Waals surface area (Å²) in [6, 6.07) is 8.31. The van der Waals surface area contributed by atoms with Crippen LogP contribution in [-0.4, -0.2) is 41.3 Å². The van der Waals surface area contributed by atoms with E-state index in [4.69, 9.17) is 9.15 Å². The van der Waals surface area contributed by atoms with Crippen LogP contribution in [0.15, 0.2) is 59.5 Å². The van der Waals surface area contributed by atoms with Crippen LogP contribution in [0.5, 0.6) is 11.5 Å². The Morgan fingerprint density at radius 1 is 1.00 bits per heavy atom. The molecule has 2 N–H and O–H groups in total. The Bertz CT molecular complexity index is 1060. The molecular formula is C21H19F3N4O5. The van der Waals surface area contributed by atoms with Gasteiger partial charge in [-0.2, -0.15) is 0 Å². The van der Waals surface area contributed by atoms with Crippen molar-refractivity contribution in [3.63, 3.8) is 0 Å². The highest BCUT2D eigenvalue weighted by Gasteiger charge is 2.31. The molecule has 9 nitrogen and oxygen atoms in total. The number of nitrogens with one attached hydrogen (secondary N) is 2. The number of rotatable bonds is 10. The minimum absolute atomic E-state index is 0.0754. The summed E-state index contributed by atoms with van der Waals surface area (Å²) in [6.45, 7) is -0.0597. The monoisotopic (exact) mass is 464 g/mol. The van der Waals surface area contributed by atoms with Gasteiger partial charge in [-0.1, -0.05) is 0 Å². The predicted octanol–water partition coefficient (Wildman–Crippen LogP) is 2.64. The quantitative estimate of drug-likeness (QED) is 0.474. The van der Waals surface area contributed by atoms with Crippen LogP contribution in [0.25, 0.3) is 0 Å². The number of halogens is 3. The number of aromatic nitrogens is 2. The molecule has 0 spiro atoms. The van der Waals surface area contributed by atoms with Gasteiger partial charge in [0.25, 0.3) is 11.8 Å². The molecule has 0 unspecified atom stereocenters. The second kappa shape index (κ2) is 11.0. The van der Waals surface area contributed by atoms with Crippen LogP contribution in [0.1, 0.15) is 21.9 Å². The van der Waals surface area contributed by atoms with Crippen LogP contribution in [0.4, 0.5) is 13.2 Å². The van der Waals surface area contributed by atoms with Crippen LogP contribution in [0.2, 0.25) is 0 Å². The highest BCUT2D eigenvalue weighted by atomic mass is 19.4. The third-order valence-electron chi connectivity index (χ3n) is 4.10. The second-order valence-corrected chi connectivity index (χ2v) is 6.57. The molecule has 0 saturated carbocycles. The first-order valence-corrected chi connectivity index (χ1v) is 9.65. The zero-order valence-electron chi connectivity index (χ0n) is 17.1. The highest BCUT2D eigenvalue weighted by Crippen LogP contribution is 2.24. The number of ether oxygens (including phenoxy) is 2. The molecule has 0 saturated heterocycles. The summed E-state index contributed by atoms with van der Waals surface area (Å²) in [5.41, 5.74) is 1.10. The van der Waals surface area contributed by atoms with E-state index < -0.39 is 23.9 Å². The average Bonchev–Trinajstić information content (AvgIpc) is 3.26. The Balaban J connectivity index is 1.37. The minimum atomic E-state index is -4.79. The molecule has 0 bridgehead atoms. The van der Waals surface area contributed by atoms with E-state index >= 15 is 0 Å². The van der Waals surface area contributed by atoms with Gasteiger partial charge in [0.2, 0.25) is 5.89 Å². The van der Waals surface area contributed by atoms with E-state index in [1.165, 1.54) is 18.4 Å². The first kappa shape index (κ1) is 23.6. The summed E-state index contributed by atoms with van der Waals surface area (Å²) in [4.78, 5) is 32.0. The number of nitrogens with zero attached hydrogens (tertiary/aromatic N) is 2. The Morgan fingerprint density at radius 3 is 2.39 bits per heavy atom. The summed E-state index contributed by atoms with van der Waals surface area (Å²) in [5, 5.41) is 5.22. The van der Waals surface area contributed by atoms with Gasteiger partial charge < -0.3 is 24.5 Å². The summed E-state index contributed by atoms with van der Waals surface area (Å²) < 4.78 is 50.5. The van der Waals surface area contributed by atoms with Crippen LogP contribution in [0.3, 0.4) is 0 Å². The standard InChI is InChI=1S/C21H19F3N4O5/c22-21(23,24)33-16-3-1-15(2-4-16)31-13-18(29)27-11-19-28-17(12-32-19)20(30)26-10-7-14-5-8-25-9-6-14/h1-6,8-9,12H,7,10-11,13H2,(H,26,30)(H,27,29). The number of pyridine rings is 1. The molecule has 1 aromatic carbocycles. The lowest BCUT2D eigenvalue weighted by Crippen LogP contribution is -2.29. The molecule has 0 aliphatic heterocycles. The molecule has 0 atom stereocenters. The van der Waals surface area contributed by atoms with Crippen molar-refractivity contribution in [1.82, 2.24) is 20.6 Å². The smallest absolute Gasteiger partial charge is 0.484 e. The maximum absolute atomic E-state index is 12.1. The number of oxazole rings is 1. The van der Waals surface area contributed by atoms with Gasteiger partial charge >= 0.3 is 6.36 Å². The fourth-order valence-electron chi connectivity index (χ4n) is 2.57. The van der Waals surface area contributed by atoms with Crippen molar-refractivity contribution < 1.29 is 36.7 Å². The fourth-order valence-corrected chi connectivity index (χ4v) is 2.57. The van der Waals surface area contributed by atoms with Crippen molar-refractivity contribution in [3.8, 4) is 11.5 Å². The number of carbonyl (C=O) groups excluding carboxylic acids is 2. The second-order valence-electron chi connectivity index (χ2n) is 6.57. The zero-order valence-corrected chi connectivity index (χ0v) is 17.1. The molecule has 3 aromatic rings. The van der Waals surface area contributed by atoms with Gasteiger partial charge in [-0.25, -0.2) is 4.98 Å². The molecule has 0 aliphatic rings. The summed E-state index contributed by atoms with van der Waals surface area (Å²) in [5.74, 6) is -1.03. The number of benzene rings is 1. The molecule has 12 heteroatoms. The molecule has 33 heavy (non-hydrogen) atoms. The minimum Gasteiger partial charge on any atom is -0.484 e. The fraction of sp³-hybridized carbons (Fsp3) is 0.238. The van der Waals surface area contributed by atoms with E-state index in [1.807, 2.05) is 12.1 Å². The Kier molecular flexibility index (Phi) is 7.84. The lowest BCUT2D eigenvalue weighted by Gasteiger charge is -2.10. The van der Waals surface area contributed by atoms with E-state index in [0.717, 1.165) is 17.7 Å². The molecule has 0 aliphatic carbocycles. The maximum atomic E-state index is 12.1. The van der Waals surface area contributed by atoms with Crippen LogP contribution in [-0.2, 0) is 17.8 Å². The first-order valence-electron chi connectivity index (χ1n) is 9.65. The number of hydrogen-bond donors (Lipinski definition) is 2. The van der Waals surface area contributed by atoms with Gasteiger partial charge in [0, 0.05) is 18.9 Å². The Hall–Kier alpha value is -4.09. The Labute approximate surface area is 185 Å². The lowest BCUT2D eigenvalue weighted by molar-refractivity contribution is -0.274. The van der Waals surface area contributed by atoms with Crippen molar-refractivity contribution in [1.29, 1.82) is 0 Å². The first-order chi connectivity index (χ1) is 15.8. The highest BCUT2D eigenvalue weighted by molar-refractivity contribution is 5.91. The van der Waals surface area contributed by atoms with Gasteiger partial charge in [0.1, 0.15) is 17.8 Å². The van der Waals surface area contributed by atoms with Gasteiger partial charge in [-0.05, 0) is 48.4 Å². The molecular weight excluding hydrogens is 445 g/mol. The topological polar surface area (TPSA) is 116 Å². The molecule has 174 valence electrons. The molecule has 2 heterocycles. The van der Waals surface area contributed by atoms with Crippen molar-refractivity contribution in [3.05, 3.63) is 72.2 Å². The van der Waals surface area contributed by atoms with Gasteiger partial charge in [-0.15, -0.1) is 13.2 Å². The van der Waals surface area contributed by atoms with Gasteiger partial charge in [0.15, 0.2) is 12.3 Å². The normalized spacial score (nSPS) is 11.0. The van der Waals surface area contributed by atoms with E-state index in [0.29, 0.717) is 13.0 Å². The number of amides is 2. The van der Waals surface area contributed by atoms with E-state index in [1.54, 1.807) is 12.4 Å². The molecule has 3 rings (SSSR count). The molecule has 0 fully saturated rings. The molecule has 0 radical (unpaired) electrons. The predicted molar refractivity (Wildman–Crippen MR) is 107 cm³/mol. The SMILES string of the molecule is O=C(COc1ccc(OC(F)(F)F)cc1)NCc1nc(C(=O)NCCc2ccncc2)co1. The van der Waals surface area contributed by atoms with Crippen LogP contribution >= 0.6 is 0 Å². The van der Waals surface area contributed by atoms with E-state index in [9.17, 15) is 22.8 Å². The summed E-state index contributed by atoms with van der Waals surface area (Å²) >= 11 is 0. The largest absolute Gasteiger partial charge is 0.573 e. The van der Waals surface area contributed by atoms with Crippen molar-refractivity contribution in [2.45, 2.75) is 19.3 Å². The summed E-state index contributed by atoms with van der Waals surface area (Å²) in [6.07, 6.45) is 0.369. The van der Waals surface area contributed by atoms with E-state index in [2.05, 4.69) is 25.3 Å². The summed E-state index contributed by atoms with van der Waals surface area (Å²) in [7, 11) is 0. The zero-order chi connectivity index (χ0) is 23.7. The van der Waals surface area contributed by atoms with Crippen molar-refractivity contribution in [2.24, 2.45) is 0 Å². The van der Waals surface area contributed by atoms with Crippen molar-refractivity contribution >= 4 is 11.8 Å². The Morgan fingerprint density at radius 2 is 1.70 bits per heavy atom. The molecule has 2 aromatic heterocycles.